The number of likely N-dealkylation sites (tertiary alicyclic amines) is 1. The van der Waals surface area contributed by atoms with Gasteiger partial charge >= 0.3 is 0 Å². The first-order chi connectivity index (χ1) is 6.20. The number of aliphatic hydroxyl groups excluding tert-OH is 1. The first-order valence-corrected chi connectivity index (χ1v) is 5.54. The third-order valence-electron chi connectivity index (χ3n) is 3.85. The maximum absolute atomic E-state index is 9.13. The Labute approximate surface area is 80.9 Å². The zero-order valence-electron chi connectivity index (χ0n) is 8.74. The van der Waals surface area contributed by atoms with E-state index in [1.165, 1.54) is 19.5 Å². The van der Waals surface area contributed by atoms with Gasteiger partial charge in [-0.25, -0.2) is 0 Å². The van der Waals surface area contributed by atoms with Gasteiger partial charge in [-0.15, -0.1) is 0 Å². The number of aliphatic hydroxyl groups is 1. The van der Waals surface area contributed by atoms with Crippen LogP contribution in [0.5, 0.6) is 0 Å². The van der Waals surface area contributed by atoms with Gasteiger partial charge in [-0.3, -0.25) is 0 Å². The normalized spacial score (nSPS) is 45.5. The second-order valence-corrected chi connectivity index (χ2v) is 5.11. The third-order valence-corrected chi connectivity index (χ3v) is 3.85. The molecule has 4 atom stereocenters. The van der Waals surface area contributed by atoms with Gasteiger partial charge in [0.1, 0.15) is 0 Å². The van der Waals surface area contributed by atoms with Gasteiger partial charge in [0, 0.05) is 26.2 Å². The molecule has 0 radical (unpaired) electrons. The summed E-state index contributed by atoms with van der Waals surface area (Å²) in [5, 5.41) is 9.13. The molecule has 2 aliphatic rings. The molecule has 2 heteroatoms. The van der Waals surface area contributed by atoms with E-state index in [4.69, 9.17) is 5.11 Å². The average molecular weight is 183 g/mol. The highest BCUT2D eigenvalue weighted by Gasteiger charge is 2.37. The molecule has 1 saturated carbocycles. The van der Waals surface area contributed by atoms with E-state index >= 15 is 0 Å². The molecular formula is C11H21NO. The van der Waals surface area contributed by atoms with Crippen LogP contribution < -0.4 is 0 Å². The summed E-state index contributed by atoms with van der Waals surface area (Å²) in [6.45, 7) is 8.58. The minimum absolute atomic E-state index is 0.373. The van der Waals surface area contributed by atoms with Crippen molar-refractivity contribution in [3.63, 3.8) is 0 Å². The van der Waals surface area contributed by atoms with E-state index in [2.05, 4.69) is 18.7 Å². The lowest BCUT2D eigenvalue weighted by molar-refractivity contribution is 0.204. The first kappa shape index (κ1) is 9.47. The maximum atomic E-state index is 9.13. The van der Waals surface area contributed by atoms with E-state index in [-0.39, 0.29) is 0 Å². The highest BCUT2D eigenvalue weighted by molar-refractivity contribution is 4.89. The molecule has 0 spiro atoms. The lowest BCUT2D eigenvalue weighted by Crippen LogP contribution is -2.24. The Morgan fingerprint density at radius 1 is 1.15 bits per heavy atom. The molecule has 2 nitrogen and oxygen atoms in total. The van der Waals surface area contributed by atoms with Crippen LogP contribution in [0.25, 0.3) is 0 Å². The van der Waals surface area contributed by atoms with Crippen molar-refractivity contribution < 1.29 is 5.11 Å². The van der Waals surface area contributed by atoms with Gasteiger partial charge in [0.25, 0.3) is 0 Å². The zero-order valence-corrected chi connectivity index (χ0v) is 8.74. The predicted octanol–water partition coefficient (Wildman–Crippen LogP) is 1.20. The SMILES string of the molecule is CC1CC1CN1C[C@@H](CO)[C@H](C)C1. The van der Waals surface area contributed by atoms with Crippen LogP contribution in [0.15, 0.2) is 0 Å². The molecule has 0 aromatic heterocycles. The minimum atomic E-state index is 0.373. The van der Waals surface area contributed by atoms with Gasteiger partial charge in [-0.1, -0.05) is 13.8 Å². The lowest BCUT2D eigenvalue weighted by atomic mass is 10.00. The van der Waals surface area contributed by atoms with Crippen molar-refractivity contribution in [3.05, 3.63) is 0 Å². The average Bonchev–Trinajstić information content (AvgIpc) is 2.62. The van der Waals surface area contributed by atoms with E-state index in [0.29, 0.717) is 18.4 Å². The summed E-state index contributed by atoms with van der Waals surface area (Å²) in [5.74, 6) is 3.15. The molecule has 0 aromatic rings. The Hall–Kier alpha value is -0.0800. The molecule has 1 aliphatic heterocycles. The van der Waals surface area contributed by atoms with Gasteiger partial charge in [0.05, 0.1) is 0 Å². The lowest BCUT2D eigenvalue weighted by Gasteiger charge is -2.14. The van der Waals surface area contributed by atoms with Crippen molar-refractivity contribution in [2.75, 3.05) is 26.2 Å². The molecule has 0 amide bonds. The Morgan fingerprint density at radius 2 is 1.85 bits per heavy atom. The van der Waals surface area contributed by atoms with Crippen LogP contribution in [0.2, 0.25) is 0 Å². The molecule has 76 valence electrons. The van der Waals surface area contributed by atoms with Crippen molar-refractivity contribution in [2.24, 2.45) is 23.7 Å². The van der Waals surface area contributed by atoms with E-state index in [1.54, 1.807) is 0 Å². The molecule has 1 saturated heterocycles. The van der Waals surface area contributed by atoms with Gasteiger partial charge in [0.15, 0.2) is 0 Å². The van der Waals surface area contributed by atoms with Crippen LogP contribution in [-0.4, -0.2) is 36.2 Å². The van der Waals surface area contributed by atoms with Gasteiger partial charge in [-0.05, 0) is 30.1 Å². The second-order valence-electron chi connectivity index (χ2n) is 5.11. The van der Waals surface area contributed by atoms with Crippen LogP contribution >= 0.6 is 0 Å². The van der Waals surface area contributed by atoms with Crippen molar-refractivity contribution >= 4 is 0 Å². The Bertz CT molecular complexity index is 181. The number of rotatable bonds is 3. The van der Waals surface area contributed by atoms with Crippen LogP contribution in [0.4, 0.5) is 0 Å². The fraction of sp³-hybridized carbons (Fsp3) is 1.00. The fourth-order valence-electron chi connectivity index (χ4n) is 2.51. The summed E-state index contributed by atoms with van der Waals surface area (Å²) >= 11 is 0. The molecule has 1 N–H and O–H groups in total. The van der Waals surface area contributed by atoms with Gasteiger partial charge in [0.2, 0.25) is 0 Å². The smallest absolute Gasteiger partial charge is 0.0474 e. The molecule has 1 aliphatic carbocycles. The van der Waals surface area contributed by atoms with Crippen molar-refractivity contribution in [1.82, 2.24) is 4.90 Å². The van der Waals surface area contributed by atoms with E-state index < -0.39 is 0 Å². The molecule has 2 rings (SSSR count). The summed E-state index contributed by atoms with van der Waals surface area (Å²) in [5.41, 5.74) is 0. The molecule has 0 bridgehead atoms. The fourth-order valence-corrected chi connectivity index (χ4v) is 2.51. The van der Waals surface area contributed by atoms with Crippen LogP contribution in [0.1, 0.15) is 20.3 Å². The Morgan fingerprint density at radius 3 is 2.31 bits per heavy atom. The van der Waals surface area contributed by atoms with Crippen molar-refractivity contribution in [3.8, 4) is 0 Å². The van der Waals surface area contributed by atoms with Crippen molar-refractivity contribution in [2.45, 2.75) is 20.3 Å². The second kappa shape index (κ2) is 3.58. The molecule has 2 fully saturated rings. The van der Waals surface area contributed by atoms with E-state index in [9.17, 15) is 0 Å². The zero-order chi connectivity index (χ0) is 9.42. The first-order valence-electron chi connectivity index (χ1n) is 5.54. The molecule has 2 unspecified atom stereocenters. The number of hydrogen-bond donors (Lipinski definition) is 1. The minimum Gasteiger partial charge on any atom is -0.396 e. The summed E-state index contributed by atoms with van der Waals surface area (Å²) in [6.07, 6.45) is 1.43. The largest absolute Gasteiger partial charge is 0.396 e. The molecular weight excluding hydrogens is 162 g/mol. The summed E-state index contributed by atoms with van der Waals surface area (Å²) in [7, 11) is 0. The van der Waals surface area contributed by atoms with Gasteiger partial charge in [-0.2, -0.15) is 0 Å². The molecule has 13 heavy (non-hydrogen) atoms. The Balaban J connectivity index is 1.77. The van der Waals surface area contributed by atoms with E-state index in [0.717, 1.165) is 18.4 Å². The number of hydrogen-bond acceptors (Lipinski definition) is 2. The summed E-state index contributed by atoms with van der Waals surface area (Å²) in [4.78, 5) is 2.54. The monoisotopic (exact) mass is 183 g/mol. The summed E-state index contributed by atoms with van der Waals surface area (Å²) in [6, 6.07) is 0. The van der Waals surface area contributed by atoms with Crippen LogP contribution in [0.3, 0.4) is 0 Å². The van der Waals surface area contributed by atoms with Crippen LogP contribution in [-0.2, 0) is 0 Å². The standard InChI is InChI=1S/C11H21NO/c1-8-3-10(8)5-12-4-9(2)11(6-12)7-13/h8-11,13H,3-7H2,1-2H3/t8?,9-,10?,11+/m1/s1. The topological polar surface area (TPSA) is 23.5 Å². The molecule has 1 heterocycles. The molecule has 0 aromatic carbocycles. The Kier molecular flexibility index (Phi) is 2.61. The quantitative estimate of drug-likeness (QED) is 0.711. The summed E-state index contributed by atoms with van der Waals surface area (Å²) < 4.78 is 0. The predicted molar refractivity (Wildman–Crippen MR) is 53.5 cm³/mol. The van der Waals surface area contributed by atoms with Gasteiger partial charge < -0.3 is 10.0 Å². The number of nitrogens with zero attached hydrogens (tertiary/aromatic N) is 1. The van der Waals surface area contributed by atoms with Crippen LogP contribution in [0, 0.1) is 23.7 Å². The highest BCUT2D eigenvalue weighted by atomic mass is 16.3. The highest BCUT2D eigenvalue weighted by Crippen LogP contribution is 2.39. The van der Waals surface area contributed by atoms with E-state index in [1.807, 2.05) is 0 Å². The maximum Gasteiger partial charge on any atom is 0.0474 e. The third kappa shape index (κ3) is 2.05. The van der Waals surface area contributed by atoms with Crippen molar-refractivity contribution in [1.29, 1.82) is 0 Å².